The highest BCUT2D eigenvalue weighted by Crippen LogP contribution is 2.01. The summed E-state index contributed by atoms with van der Waals surface area (Å²) in [5.74, 6) is 0. The number of aromatic nitrogens is 2. The predicted octanol–water partition coefficient (Wildman–Crippen LogP) is 3.55. The summed E-state index contributed by atoms with van der Waals surface area (Å²) in [5, 5.41) is 0. The van der Waals surface area contributed by atoms with Gasteiger partial charge in [0.05, 0.1) is 0 Å². The van der Waals surface area contributed by atoms with E-state index in [-0.39, 0.29) is 0 Å². The van der Waals surface area contributed by atoms with Crippen molar-refractivity contribution in [3.05, 3.63) is 84.9 Å². The average molecular weight is 224 g/mol. The van der Waals surface area contributed by atoms with Crippen LogP contribution < -0.4 is 0 Å². The lowest BCUT2D eigenvalue weighted by atomic mass is 10.2. The van der Waals surface area contributed by atoms with Crippen LogP contribution in [0.2, 0.25) is 0 Å². The van der Waals surface area contributed by atoms with E-state index in [9.17, 15) is 0 Å². The monoisotopic (exact) mass is 224 g/mol. The van der Waals surface area contributed by atoms with Crippen molar-refractivity contribution in [1.82, 2.24) is 9.55 Å². The minimum absolute atomic E-state index is 0.966. The second kappa shape index (κ2) is 6.38. The highest BCUT2D eigenvalue weighted by atomic mass is 14.9. The Labute approximate surface area is 102 Å². The zero-order valence-corrected chi connectivity index (χ0v) is 9.66. The minimum atomic E-state index is 0.966. The Balaban J connectivity index is 0.000000181. The number of H-pyrrole nitrogens is 1. The average Bonchev–Trinajstić information content (AvgIpc) is 3.06. The maximum atomic E-state index is 2.86. The van der Waals surface area contributed by atoms with Gasteiger partial charge in [-0.2, -0.15) is 0 Å². The Morgan fingerprint density at radius 3 is 1.94 bits per heavy atom. The van der Waals surface area contributed by atoms with Gasteiger partial charge in [-0.25, -0.2) is 0 Å². The molecule has 0 fully saturated rings. The van der Waals surface area contributed by atoms with E-state index >= 15 is 0 Å². The molecule has 0 aliphatic heterocycles. The minimum Gasteiger partial charge on any atom is -0.368 e. The summed E-state index contributed by atoms with van der Waals surface area (Å²) in [5.41, 5.74) is 1.34. The molecule has 0 radical (unpaired) electrons. The van der Waals surface area contributed by atoms with Crippen LogP contribution in [0.25, 0.3) is 0 Å². The maximum absolute atomic E-state index is 2.86. The maximum Gasteiger partial charge on any atom is 0.0470 e. The van der Waals surface area contributed by atoms with Gasteiger partial charge in [-0.1, -0.05) is 30.3 Å². The molecule has 0 amide bonds. The molecule has 2 heterocycles. The fourth-order valence-electron chi connectivity index (χ4n) is 1.55. The van der Waals surface area contributed by atoms with Gasteiger partial charge in [0.25, 0.3) is 0 Å². The molecule has 2 heteroatoms. The van der Waals surface area contributed by atoms with Crippen molar-refractivity contribution in [2.45, 2.75) is 6.54 Å². The molecule has 0 unspecified atom stereocenters. The molecule has 1 aromatic carbocycles. The topological polar surface area (TPSA) is 20.7 Å². The van der Waals surface area contributed by atoms with Crippen LogP contribution in [-0.2, 0) is 6.54 Å². The smallest absolute Gasteiger partial charge is 0.0470 e. The lowest BCUT2D eigenvalue weighted by Gasteiger charge is -2.01. The highest BCUT2D eigenvalue weighted by Gasteiger charge is 1.90. The van der Waals surface area contributed by atoms with E-state index in [4.69, 9.17) is 0 Å². The quantitative estimate of drug-likeness (QED) is 0.687. The number of hydrogen-bond acceptors (Lipinski definition) is 0. The van der Waals surface area contributed by atoms with Crippen molar-refractivity contribution in [2.75, 3.05) is 0 Å². The largest absolute Gasteiger partial charge is 0.368 e. The van der Waals surface area contributed by atoms with Crippen molar-refractivity contribution in [3.63, 3.8) is 0 Å². The molecular weight excluding hydrogens is 208 g/mol. The second-order valence-corrected chi connectivity index (χ2v) is 3.73. The van der Waals surface area contributed by atoms with Crippen molar-refractivity contribution in [1.29, 1.82) is 0 Å². The van der Waals surface area contributed by atoms with Crippen LogP contribution in [0.15, 0.2) is 79.4 Å². The first-order valence-electron chi connectivity index (χ1n) is 5.67. The molecule has 0 atom stereocenters. The molecule has 1 N–H and O–H groups in total. The van der Waals surface area contributed by atoms with E-state index in [1.807, 2.05) is 42.7 Å². The fraction of sp³-hybridized carbons (Fsp3) is 0.0667. The summed E-state index contributed by atoms with van der Waals surface area (Å²) in [7, 11) is 0. The molecule has 0 saturated carbocycles. The van der Waals surface area contributed by atoms with E-state index in [1.165, 1.54) is 5.56 Å². The van der Waals surface area contributed by atoms with Gasteiger partial charge in [0.2, 0.25) is 0 Å². The first-order chi connectivity index (χ1) is 8.45. The van der Waals surface area contributed by atoms with Crippen LogP contribution in [0.5, 0.6) is 0 Å². The molecule has 3 aromatic rings. The first kappa shape index (κ1) is 11.3. The Morgan fingerprint density at radius 2 is 1.41 bits per heavy atom. The summed E-state index contributed by atoms with van der Waals surface area (Å²) in [6.07, 6.45) is 7.90. The van der Waals surface area contributed by atoms with E-state index < -0.39 is 0 Å². The first-order valence-corrected chi connectivity index (χ1v) is 5.67. The lowest BCUT2D eigenvalue weighted by molar-refractivity contribution is 0.806. The molecule has 17 heavy (non-hydrogen) atoms. The third-order valence-electron chi connectivity index (χ3n) is 2.37. The molecule has 0 aliphatic carbocycles. The third-order valence-corrected chi connectivity index (χ3v) is 2.37. The molecule has 3 rings (SSSR count). The normalized spacial score (nSPS) is 9.41. The zero-order chi connectivity index (χ0) is 11.8. The van der Waals surface area contributed by atoms with Gasteiger partial charge in [0.15, 0.2) is 0 Å². The van der Waals surface area contributed by atoms with E-state index in [2.05, 4.69) is 46.2 Å². The van der Waals surface area contributed by atoms with Crippen molar-refractivity contribution in [2.24, 2.45) is 0 Å². The third kappa shape index (κ3) is 4.03. The zero-order valence-electron chi connectivity index (χ0n) is 9.66. The van der Waals surface area contributed by atoms with Crippen molar-refractivity contribution in [3.8, 4) is 0 Å². The molecule has 0 bridgehead atoms. The predicted molar refractivity (Wildman–Crippen MR) is 70.8 cm³/mol. The molecule has 0 spiro atoms. The van der Waals surface area contributed by atoms with Gasteiger partial charge in [-0.15, -0.1) is 0 Å². The molecule has 0 saturated heterocycles. The Hall–Kier alpha value is -2.22. The highest BCUT2D eigenvalue weighted by molar-refractivity contribution is 5.15. The van der Waals surface area contributed by atoms with Gasteiger partial charge >= 0.3 is 0 Å². The molecule has 2 aromatic heterocycles. The number of nitrogens with one attached hydrogen (secondary N) is 1. The van der Waals surface area contributed by atoms with Crippen LogP contribution in [0, 0.1) is 0 Å². The second-order valence-electron chi connectivity index (χ2n) is 3.73. The number of benzene rings is 1. The van der Waals surface area contributed by atoms with Crippen molar-refractivity contribution >= 4 is 0 Å². The number of rotatable bonds is 2. The van der Waals surface area contributed by atoms with Gasteiger partial charge in [0.1, 0.15) is 0 Å². The van der Waals surface area contributed by atoms with Crippen molar-refractivity contribution < 1.29 is 0 Å². The van der Waals surface area contributed by atoms with Gasteiger partial charge in [-0.3, -0.25) is 0 Å². The van der Waals surface area contributed by atoms with Gasteiger partial charge in [0, 0.05) is 31.3 Å². The molecule has 86 valence electrons. The van der Waals surface area contributed by atoms with Crippen LogP contribution in [-0.4, -0.2) is 9.55 Å². The van der Waals surface area contributed by atoms with E-state index in [0.717, 1.165) is 6.54 Å². The summed E-state index contributed by atoms with van der Waals surface area (Å²) < 4.78 is 2.16. The number of hydrogen-bond donors (Lipinski definition) is 1. The molecule has 2 nitrogen and oxygen atoms in total. The Kier molecular flexibility index (Phi) is 4.23. The standard InChI is InChI=1S/C11H11N.C4H5N/c1-2-6-11(7-3-1)10-12-8-4-5-9-12;1-2-4-5-3-1/h1-9H,10H2;1-5H. The van der Waals surface area contributed by atoms with Crippen LogP contribution >= 0.6 is 0 Å². The van der Waals surface area contributed by atoms with Gasteiger partial charge < -0.3 is 9.55 Å². The number of aromatic amines is 1. The Bertz CT molecular complexity index is 464. The molecule has 0 aliphatic rings. The van der Waals surface area contributed by atoms with Crippen LogP contribution in [0.4, 0.5) is 0 Å². The van der Waals surface area contributed by atoms with E-state index in [1.54, 1.807) is 0 Å². The lowest BCUT2D eigenvalue weighted by Crippen LogP contribution is -1.94. The van der Waals surface area contributed by atoms with Crippen LogP contribution in [0.1, 0.15) is 5.56 Å². The SMILES string of the molecule is c1cc[nH]c1.c1ccc(Cn2cccc2)cc1. The van der Waals surface area contributed by atoms with Crippen LogP contribution in [0.3, 0.4) is 0 Å². The van der Waals surface area contributed by atoms with E-state index in [0.29, 0.717) is 0 Å². The molecular formula is C15H16N2. The summed E-state index contributed by atoms with van der Waals surface area (Å²) in [4.78, 5) is 2.86. The summed E-state index contributed by atoms with van der Waals surface area (Å²) in [6.45, 7) is 0.966. The summed E-state index contributed by atoms with van der Waals surface area (Å²) in [6, 6.07) is 18.4. The van der Waals surface area contributed by atoms with Gasteiger partial charge in [-0.05, 0) is 29.8 Å². The fourth-order valence-corrected chi connectivity index (χ4v) is 1.55. The number of nitrogens with zero attached hydrogens (tertiary/aromatic N) is 1. The summed E-state index contributed by atoms with van der Waals surface area (Å²) >= 11 is 0. The Morgan fingerprint density at radius 1 is 0.765 bits per heavy atom.